The van der Waals surface area contributed by atoms with Crippen LogP contribution in [0.15, 0.2) is 64.3 Å². The first-order valence-electron chi connectivity index (χ1n) is 8.74. The van der Waals surface area contributed by atoms with Crippen molar-refractivity contribution in [3.8, 4) is 22.8 Å². The largest absolute Gasteiger partial charge is 0.497 e. The molecule has 0 fully saturated rings. The number of rotatable bonds is 6. The molecule has 2 aromatic heterocycles. The van der Waals surface area contributed by atoms with Gasteiger partial charge in [0.05, 0.1) is 13.3 Å². The molecule has 0 aliphatic rings. The number of methoxy groups -OCH3 is 1. The van der Waals surface area contributed by atoms with Crippen molar-refractivity contribution in [1.29, 1.82) is 0 Å². The summed E-state index contributed by atoms with van der Waals surface area (Å²) in [7, 11) is 1.54. The molecule has 3 N–H and O–H groups in total. The Kier molecular flexibility index (Phi) is 5.16. The average molecular weight is 404 g/mol. The Morgan fingerprint density at radius 3 is 2.77 bits per heavy atom. The van der Waals surface area contributed by atoms with Crippen LogP contribution in [0, 0.1) is 0 Å². The van der Waals surface area contributed by atoms with Gasteiger partial charge in [0.2, 0.25) is 11.6 Å². The molecule has 0 aliphatic carbocycles. The van der Waals surface area contributed by atoms with Crippen LogP contribution in [0.3, 0.4) is 0 Å². The Balaban J connectivity index is 1.72. The van der Waals surface area contributed by atoms with Gasteiger partial charge in [-0.2, -0.15) is 9.78 Å². The molecule has 0 saturated carbocycles. The minimum Gasteiger partial charge on any atom is -0.497 e. The second-order valence-electron chi connectivity index (χ2n) is 6.01. The fraction of sp³-hybridized carbons (Fsp3) is 0.0526. The van der Waals surface area contributed by atoms with Gasteiger partial charge >= 0.3 is 0 Å². The van der Waals surface area contributed by atoms with Gasteiger partial charge in [0, 0.05) is 5.56 Å². The molecule has 0 atom stereocenters. The third-order valence-electron chi connectivity index (χ3n) is 4.10. The van der Waals surface area contributed by atoms with Crippen LogP contribution in [-0.4, -0.2) is 44.5 Å². The van der Waals surface area contributed by atoms with Gasteiger partial charge in [0.1, 0.15) is 11.4 Å². The summed E-state index contributed by atoms with van der Waals surface area (Å²) in [5.74, 6) is 0.117. The number of aromatic nitrogens is 5. The molecule has 0 radical (unpaired) electrons. The molecule has 4 aromatic rings. The zero-order valence-corrected chi connectivity index (χ0v) is 15.8. The highest BCUT2D eigenvalue weighted by molar-refractivity contribution is 5.98. The van der Waals surface area contributed by atoms with E-state index in [0.717, 1.165) is 5.56 Å². The van der Waals surface area contributed by atoms with Crippen LogP contribution in [0.5, 0.6) is 5.75 Å². The van der Waals surface area contributed by atoms with Gasteiger partial charge in [0.15, 0.2) is 5.69 Å². The number of nitrogens with one attached hydrogen (secondary N) is 1. The van der Waals surface area contributed by atoms with Crippen molar-refractivity contribution in [2.45, 2.75) is 0 Å². The second-order valence-corrected chi connectivity index (χ2v) is 6.01. The number of carbonyl (C=O) groups excluding carboxylic acids is 1. The van der Waals surface area contributed by atoms with Crippen LogP contribution in [0.2, 0.25) is 0 Å². The molecule has 0 unspecified atom stereocenters. The van der Waals surface area contributed by atoms with E-state index in [-0.39, 0.29) is 17.3 Å². The highest BCUT2D eigenvalue weighted by Gasteiger charge is 2.25. The maximum Gasteiger partial charge on any atom is 0.294 e. The molecule has 2 heterocycles. The summed E-state index contributed by atoms with van der Waals surface area (Å²) in [5, 5.41) is 19.3. The fourth-order valence-corrected chi connectivity index (χ4v) is 2.71. The van der Waals surface area contributed by atoms with Crippen LogP contribution < -0.4 is 15.9 Å². The zero-order chi connectivity index (χ0) is 20.9. The van der Waals surface area contributed by atoms with E-state index in [9.17, 15) is 4.79 Å². The van der Waals surface area contributed by atoms with Crippen molar-refractivity contribution in [1.82, 2.24) is 30.7 Å². The lowest BCUT2D eigenvalue weighted by atomic mass is 10.1. The molecular weight excluding hydrogens is 388 g/mol. The molecule has 11 heteroatoms. The zero-order valence-electron chi connectivity index (χ0n) is 15.8. The summed E-state index contributed by atoms with van der Waals surface area (Å²) in [6.45, 7) is 0. The molecule has 150 valence electrons. The summed E-state index contributed by atoms with van der Waals surface area (Å²) in [5.41, 5.74) is 10.0. The second kappa shape index (κ2) is 8.22. The molecule has 0 spiro atoms. The number of nitrogen functional groups attached to an aromatic ring is 1. The van der Waals surface area contributed by atoms with Crippen molar-refractivity contribution < 1.29 is 14.2 Å². The van der Waals surface area contributed by atoms with Crippen molar-refractivity contribution >= 4 is 17.9 Å². The van der Waals surface area contributed by atoms with Crippen LogP contribution in [0.25, 0.3) is 17.1 Å². The van der Waals surface area contributed by atoms with Crippen molar-refractivity contribution in [3.63, 3.8) is 0 Å². The molecule has 0 aliphatic heterocycles. The summed E-state index contributed by atoms with van der Waals surface area (Å²) in [6.07, 6.45) is 1.52. The Labute approximate surface area is 170 Å². The SMILES string of the molecule is COc1cccc(-c2c(C(=O)NN=Cc3ccccc3)nnn2-c2nonc2N)c1. The molecule has 2 aromatic carbocycles. The Bertz CT molecular complexity index is 1200. The fourth-order valence-electron chi connectivity index (χ4n) is 2.71. The number of nitrogens with zero attached hydrogens (tertiary/aromatic N) is 6. The standard InChI is InChI=1S/C19H16N8O3/c1-29-14-9-5-8-13(10-14)16-15(22-26-27(16)18-17(20)24-30-25-18)19(28)23-21-11-12-6-3-2-4-7-12/h2-11H,1H3,(H2,20,24)(H,23,28). The molecule has 0 saturated heterocycles. The van der Waals surface area contributed by atoms with E-state index in [2.05, 4.69) is 35.8 Å². The summed E-state index contributed by atoms with van der Waals surface area (Å²) in [4.78, 5) is 12.8. The Morgan fingerprint density at radius 2 is 2.03 bits per heavy atom. The predicted octanol–water partition coefficient (Wildman–Crippen LogP) is 1.67. The molecule has 1 amide bonds. The number of ether oxygens (including phenoxy) is 1. The first-order valence-corrected chi connectivity index (χ1v) is 8.74. The number of carbonyl (C=O) groups is 1. The molecule has 30 heavy (non-hydrogen) atoms. The van der Waals surface area contributed by atoms with Gasteiger partial charge in [-0.3, -0.25) is 4.79 Å². The van der Waals surface area contributed by atoms with Crippen LogP contribution in [0.1, 0.15) is 16.1 Å². The first kappa shape index (κ1) is 18.8. The third kappa shape index (κ3) is 3.71. The topological polar surface area (TPSA) is 146 Å². The van der Waals surface area contributed by atoms with Crippen molar-refractivity contribution in [2.24, 2.45) is 5.10 Å². The lowest BCUT2D eigenvalue weighted by Crippen LogP contribution is -2.19. The average Bonchev–Trinajstić information content (AvgIpc) is 3.40. The number of anilines is 1. The van der Waals surface area contributed by atoms with Crippen LogP contribution >= 0.6 is 0 Å². The Hall–Kier alpha value is -4.54. The summed E-state index contributed by atoms with van der Waals surface area (Å²) < 4.78 is 11.2. The minimum absolute atomic E-state index is 0.00176. The van der Waals surface area contributed by atoms with Crippen LogP contribution in [0.4, 0.5) is 5.82 Å². The minimum atomic E-state index is -0.568. The normalized spacial score (nSPS) is 11.0. The van der Waals surface area contributed by atoms with E-state index in [0.29, 0.717) is 17.0 Å². The smallest absolute Gasteiger partial charge is 0.294 e. The van der Waals surface area contributed by atoms with E-state index in [1.807, 2.05) is 30.3 Å². The highest BCUT2D eigenvalue weighted by atomic mass is 16.6. The molecular formula is C19H16N8O3. The highest BCUT2D eigenvalue weighted by Crippen LogP contribution is 2.28. The third-order valence-corrected chi connectivity index (χ3v) is 4.10. The van der Waals surface area contributed by atoms with Gasteiger partial charge in [-0.05, 0) is 28.0 Å². The van der Waals surface area contributed by atoms with Gasteiger partial charge in [0.25, 0.3) is 5.91 Å². The van der Waals surface area contributed by atoms with Gasteiger partial charge in [-0.1, -0.05) is 47.7 Å². The monoisotopic (exact) mass is 404 g/mol. The van der Waals surface area contributed by atoms with Gasteiger partial charge < -0.3 is 10.5 Å². The predicted molar refractivity (Wildman–Crippen MR) is 107 cm³/mol. The number of hydrogen-bond acceptors (Lipinski definition) is 9. The van der Waals surface area contributed by atoms with E-state index in [4.69, 9.17) is 10.5 Å². The Morgan fingerprint density at radius 1 is 1.20 bits per heavy atom. The van der Waals surface area contributed by atoms with Crippen LogP contribution in [-0.2, 0) is 0 Å². The van der Waals surface area contributed by atoms with E-state index < -0.39 is 5.91 Å². The maximum atomic E-state index is 12.8. The first-order chi connectivity index (χ1) is 14.7. The number of hydrogen-bond donors (Lipinski definition) is 2. The molecule has 4 rings (SSSR count). The quantitative estimate of drug-likeness (QED) is 0.364. The summed E-state index contributed by atoms with van der Waals surface area (Å²) in [6, 6.07) is 16.4. The van der Waals surface area contributed by atoms with Gasteiger partial charge in [-0.15, -0.1) is 5.10 Å². The maximum absolute atomic E-state index is 12.8. The lowest BCUT2D eigenvalue weighted by Gasteiger charge is -2.07. The number of amides is 1. The van der Waals surface area contributed by atoms with Crippen molar-refractivity contribution in [2.75, 3.05) is 12.8 Å². The van der Waals surface area contributed by atoms with E-state index in [1.54, 1.807) is 31.4 Å². The molecule has 0 bridgehead atoms. The lowest BCUT2D eigenvalue weighted by molar-refractivity contribution is 0.0950. The van der Waals surface area contributed by atoms with Crippen molar-refractivity contribution in [3.05, 3.63) is 65.9 Å². The molecule has 11 nitrogen and oxygen atoms in total. The number of nitrogens with two attached hydrogens (primary N) is 1. The number of benzene rings is 2. The summed E-state index contributed by atoms with van der Waals surface area (Å²) >= 11 is 0. The van der Waals surface area contributed by atoms with E-state index in [1.165, 1.54) is 10.9 Å². The van der Waals surface area contributed by atoms with Gasteiger partial charge in [-0.25, -0.2) is 10.1 Å². The van der Waals surface area contributed by atoms with E-state index >= 15 is 0 Å². The number of hydrazone groups is 1.